The number of methoxy groups -OCH3 is 2. The average Bonchev–Trinajstić information content (AvgIpc) is 2.88. The molecule has 2 aromatic carbocycles. The highest BCUT2D eigenvalue weighted by Gasteiger charge is 2.37. The van der Waals surface area contributed by atoms with Crippen molar-refractivity contribution >= 4 is 5.91 Å². The van der Waals surface area contributed by atoms with E-state index in [2.05, 4.69) is 41.3 Å². The Balaban J connectivity index is 1.51. The number of para-hydroxylation sites is 1. The number of nitrogens with zero attached hydrogens (tertiary/aromatic N) is 2. The van der Waals surface area contributed by atoms with E-state index in [0.29, 0.717) is 6.61 Å². The van der Waals surface area contributed by atoms with Gasteiger partial charge in [0.2, 0.25) is 5.91 Å². The van der Waals surface area contributed by atoms with Gasteiger partial charge in [-0.1, -0.05) is 36.8 Å². The molecule has 0 radical (unpaired) electrons. The molecule has 2 aliphatic rings. The number of amides is 1. The third kappa shape index (κ3) is 6.98. The summed E-state index contributed by atoms with van der Waals surface area (Å²) < 4.78 is 16.7. The maximum absolute atomic E-state index is 12.4. The van der Waals surface area contributed by atoms with Crippen LogP contribution in [0.15, 0.2) is 48.5 Å². The molecule has 0 N–H and O–H groups in total. The van der Waals surface area contributed by atoms with Gasteiger partial charge < -0.3 is 19.1 Å². The second-order valence-corrected chi connectivity index (χ2v) is 10.0. The Morgan fingerprint density at radius 3 is 2.49 bits per heavy atom. The van der Waals surface area contributed by atoms with Gasteiger partial charge in [-0.3, -0.25) is 9.69 Å². The monoisotopic (exact) mass is 480 g/mol. The SMILES string of the molecule is COCC(=O)N1CCC2(CCCCc3ccccc3OCCN(Cc3ccc(OC)cc3)C2)CC1. The fourth-order valence-electron chi connectivity index (χ4n) is 5.56. The summed E-state index contributed by atoms with van der Waals surface area (Å²) in [5, 5.41) is 0. The van der Waals surface area contributed by atoms with Crippen molar-refractivity contribution in [1.82, 2.24) is 9.80 Å². The molecule has 4 rings (SSSR count). The molecule has 0 unspecified atom stereocenters. The molecule has 0 aromatic heterocycles. The number of benzene rings is 2. The van der Waals surface area contributed by atoms with Crippen LogP contribution in [0.25, 0.3) is 0 Å². The summed E-state index contributed by atoms with van der Waals surface area (Å²) in [6, 6.07) is 16.9. The maximum atomic E-state index is 12.4. The van der Waals surface area contributed by atoms with Gasteiger partial charge in [-0.15, -0.1) is 0 Å². The number of rotatable bonds is 5. The van der Waals surface area contributed by atoms with Gasteiger partial charge in [0.15, 0.2) is 0 Å². The second-order valence-electron chi connectivity index (χ2n) is 10.0. The maximum Gasteiger partial charge on any atom is 0.248 e. The zero-order valence-electron chi connectivity index (χ0n) is 21.3. The molecule has 35 heavy (non-hydrogen) atoms. The standard InChI is InChI=1S/C29H40N2O4/c1-33-22-28(32)31-17-15-29(16-18-31)14-6-5-8-25-7-3-4-9-27(25)35-20-19-30(23-29)21-24-10-12-26(34-2)13-11-24/h3-4,7,9-13H,5-6,8,14-23H2,1-2H3. The lowest BCUT2D eigenvalue weighted by molar-refractivity contribution is -0.137. The van der Waals surface area contributed by atoms with Crippen molar-refractivity contribution in [2.75, 3.05) is 53.6 Å². The van der Waals surface area contributed by atoms with Gasteiger partial charge in [0.1, 0.15) is 24.7 Å². The summed E-state index contributed by atoms with van der Waals surface area (Å²) >= 11 is 0. The number of piperidine rings is 1. The van der Waals surface area contributed by atoms with Gasteiger partial charge in [0.25, 0.3) is 0 Å². The fourth-order valence-corrected chi connectivity index (χ4v) is 5.56. The molecule has 1 saturated heterocycles. The van der Waals surface area contributed by atoms with Gasteiger partial charge in [0, 0.05) is 39.8 Å². The zero-order chi connectivity index (χ0) is 24.5. The number of fused-ring (bicyclic) bond motifs is 1. The normalized spacial score (nSPS) is 19.2. The van der Waals surface area contributed by atoms with Crippen LogP contribution in [0.1, 0.15) is 43.2 Å². The summed E-state index contributed by atoms with van der Waals surface area (Å²) in [5.41, 5.74) is 2.81. The highest BCUT2D eigenvalue weighted by Crippen LogP contribution is 2.38. The molecular weight excluding hydrogens is 440 g/mol. The van der Waals surface area contributed by atoms with E-state index in [4.69, 9.17) is 14.2 Å². The number of aryl methyl sites for hydroxylation is 1. The number of ether oxygens (including phenoxy) is 3. The van der Waals surface area contributed by atoms with Crippen molar-refractivity contribution in [1.29, 1.82) is 0 Å². The Hall–Kier alpha value is -2.57. The van der Waals surface area contributed by atoms with Crippen molar-refractivity contribution in [3.8, 4) is 11.5 Å². The van der Waals surface area contributed by atoms with Gasteiger partial charge in [-0.2, -0.15) is 0 Å². The molecule has 2 aromatic rings. The third-order valence-electron chi connectivity index (χ3n) is 7.61. The number of carbonyl (C=O) groups excluding carboxylic acids is 1. The van der Waals surface area contributed by atoms with E-state index < -0.39 is 0 Å². The zero-order valence-corrected chi connectivity index (χ0v) is 21.3. The summed E-state index contributed by atoms with van der Waals surface area (Å²) in [6.45, 7) is 5.25. The Bertz CT molecular complexity index is 938. The molecule has 6 nitrogen and oxygen atoms in total. The highest BCUT2D eigenvalue weighted by atomic mass is 16.5. The van der Waals surface area contributed by atoms with Gasteiger partial charge >= 0.3 is 0 Å². The largest absolute Gasteiger partial charge is 0.497 e. The van der Waals surface area contributed by atoms with Crippen molar-refractivity contribution in [2.24, 2.45) is 5.41 Å². The molecule has 2 heterocycles. The van der Waals surface area contributed by atoms with Crippen LogP contribution >= 0.6 is 0 Å². The lowest BCUT2D eigenvalue weighted by atomic mass is 9.73. The van der Waals surface area contributed by atoms with Crippen LogP contribution in [0, 0.1) is 5.41 Å². The number of hydrogen-bond acceptors (Lipinski definition) is 5. The van der Waals surface area contributed by atoms with Gasteiger partial charge in [-0.05, 0) is 66.8 Å². The number of carbonyl (C=O) groups is 1. The summed E-state index contributed by atoms with van der Waals surface area (Å²) in [5.74, 6) is 2.01. The van der Waals surface area contributed by atoms with Crippen LogP contribution in [-0.2, 0) is 22.5 Å². The van der Waals surface area contributed by atoms with E-state index in [1.54, 1.807) is 14.2 Å². The topological polar surface area (TPSA) is 51.2 Å². The van der Waals surface area contributed by atoms with Crippen LogP contribution in [0.4, 0.5) is 0 Å². The third-order valence-corrected chi connectivity index (χ3v) is 7.61. The van der Waals surface area contributed by atoms with Crippen LogP contribution in [0.3, 0.4) is 0 Å². The summed E-state index contributed by atoms with van der Waals surface area (Å²) in [6.07, 6.45) is 6.68. The Morgan fingerprint density at radius 2 is 1.74 bits per heavy atom. The van der Waals surface area contributed by atoms with E-state index in [1.165, 1.54) is 24.0 Å². The average molecular weight is 481 g/mol. The van der Waals surface area contributed by atoms with E-state index in [-0.39, 0.29) is 17.9 Å². The second kappa shape index (κ2) is 12.4. The Kier molecular flexibility index (Phi) is 9.05. The van der Waals surface area contributed by atoms with E-state index in [1.807, 2.05) is 17.0 Å². The molecule has 1 spiro atoms. The molecule has 0 aliphatic carbocycles. The fraction of sp³-hybridized carbons (Fsp3) is 0.552. The van der Waals surface area contributed by atoms with Crippen LogP contribution in [0.2, 0.25) is 0 Å². The van der Waals surface area contributed by atoms with E-state index in [0.717, 1.165) is 69.9 Å². The molecule has 0 bridgehead atoms. The van der Waals surface area contributed by atoms with Crippen molar-refractivity contribution in [3.63, 3.8) is 0 Å². The molecule has 1 amide bonds. The Morgan fingerprint density at radius 1 is 0.971 bits per heavy atom. The Labute approximate surface area is 210 Å². The van der Waals surface area contributed by atoms with Gasteiger partial charge in [-0.25, -0.2) is 0 Å². The summed E-state index contributed by atoms with van der Waals surface area (Å²) in [7, 11) is 3.29. The van der Waals surface area contributed by atoms with Crippen LogP contribution < -0.4 is 9.47 Å². The first-order valence-electron chi connectivity index (χ1n) is 12.9. The molecule has 190 valence electrons. The predicted molar refractivity (Wildman–Crippen MR) is 138 cm³/mol. The number of likely N-dealkylation sites (tertiary alicyclic amines) is 1. The minimum absolute atomic E-state index is 0.107. The van der Waals surface area contributed by atoms with Crippen LogP contribution in [-0.4, -0.2) is 69.3 Å². The molecule has 0 saturated carbocycles. The first kappa shape index (κ1) is 25.5. The first-order valence-corrected chi connectivity index (χ1v) is 12.9. The highest BCUT2D eigenvalue weighted by molar-refractivity contribution is 5.77. The molecular formula is C29H40N2O4. The predicted octanol–water partition coefficient (Wildman–Crippen LogP) is 4.56. The molecule has 6 heteroatoms. The van der Waals surface area contributed by atoms with Crippen LogP contribution in [0.5, 0.6) is 11.5 Å². The van der Waals surface area contributed by atoms with Gasteiger partial charge in [0.05, 0.1) is 7.11 Å². The lowest BCUT2D eigenvalue weighted by Gasteiger charge is -2.45. The quantitative estimate of drug-likeness (QED) is 0.628. The molecule has 0 atom stereocenters. The first-order chi connectivity index (χ1) is 17.1. The minimum atomic E-state index is 0.107. The molecule has 2 aliphatic heterocycles. The molecule has 1 fully saturated rings. The lowest BCUT2D eigenvalue weighted by Crippen LogP contribution is -2.49. The van der Waals surface area contributed by atoms with Crippen molar-refractivity contribution < 1.29 is 19.0 Å². The smallest absolute Gasteiger partial charge is 0.248 e. The van der Waals surface area contributed by atoms with E-state index >= 15 is 0 Å². The number of hydrogen-bond donors (Lipinski definition) is 0. The summed E-state index contributed by atoms with van der Waals surface area (Å²) in [4.78, 5) is 17.0. The van der Waals surface area contributed by atoms with Crippen molar-refractivity contribution in [2.45, 2.75) is 45.1 Å². The van der Waals surface area contributed by atoms with Crippen molar-refractivity contribution in [3.05, 3.63) is 59.7 Å². The minimum Gasteiger partial charge on any atom is -0.497 e. The van der Waals surface area contributed by atoms with E-state index in [9.17, 15) is 4.79 Å².